The molecule has 0 aliphatic carbocycles. The third-order valence-electron chi connectivity index (χ3n) is 2.18. The summed E-state index contributed by atoms with van der Waals surface area (Å²) in [4.78, 5) is 10.7. The van der Waals surface area contributed by atoms with E-state index in [2.05, 4.69) is 0 Å². The lowest BCUT2D eigenvalue weighted by molar-refractivity contribution is -0.133. The number of rotatable bonds is 6. The van der Waals surface area contributed by atoms with Gasteiger partial charge in [-0.1, -0.05) is 6.92 Å². The summed E-state index contributed by atoms with van der Waals surface area (Å²) in [7, 11) is 0. The lowest BCUT2D eigenvalue weighted by atomic mass is 9.92. The molecule has 0 unspecified atom stereocenters. The third-order valence-corrected chi connectivity index (χ3v) is 2.18. The van der Waals surface area contributed by atoms with Gasteiger partial charge in [0.05, 0.1) is 18.8 Å². The standard InChI is InChI=1S/C9H18O5/c1-5(3-7(12)4-10)8(13)9(14)6(2)11/h5,7-10,12-14H,3-4H2,1-2H3/t5-,7-,8+,9+/m1/s1. The number of Topliss-reactive ketones (excluding diaryl/α,β-unsaturated/α-hetero) is 1. The predicted octanol–water partition coefficient (Wildman–Crippen LogP) is -1.32. The summed E-state index contributed by atoms with van der Waals surface area (Å²) in [6, 6.07) is 0. The molecular weight excluding hydrogens is 188 g/mol. The largest absolute Gasteiger partial charge is 0.394 e. The molecule has 84 valence electrons. The summed E-state index contributed by atoms with van der Waals surface area (Å²) < 4.78 is 0. The molecule has 0 saturated heterocycles. The highest BCUT2D eigenvalue weighted by Crippen LogP contribution is 2.14. The van der Waals surface area contributed by atoms with Crippen molar-refractivity contribution in [1.82, 2.24) is 0 Å². The zero-order valence-electron chi connectivity index (χ0n) is 8.42. The first kappa shape index (κ1) is 13.5. The molecule has 0 radical (unpaired) electrons. The van der Waals surface area contributed by atoms with Gasteiger partial charge in [0.1, 0.15) is 6.10 Å². The van der Waals surface area contributed by atoms with Gasteiger partial charge in [0.25, 0.3) is 0 Å². The van der Waals surface area contributed by atoms with Crippen LogP contribution in [0.3, 0.4) is 0 Å². The van der Waals surface area contributed by atoms with E-state index in [1.54, 1.807) is 6.92 Å². The van der Waals surface area contributed by atoms with E-state index < -0.39 is 36.6 Å². The van der Waals surface area contributed by atoms with Crippen LogP contribution >= 0.6 is 0 Å². The van der Waals surface area contributed by atoms with Gasteiger partial charge in [-0.25, -0.2) is 0 Å². The number of carbonyl (C=O) groups is 1. The molecule has 0 aliphatic heterocycles. The minimum Gasteiger partial charge on any atom is -0.394 e. The van der Waals surface area contributed by atoms with Crippen LogP contribution in [0.2, 0.25) is 0 Å². The number of hydrogen-bond donors (Lipinski definition) is 4. The number of ketones is 1. The van der Waals surface area contributed by atoms with E-state index in [1.165, 1.54) is 6.92 Å². The number of hydrogen-bond acceptors (Lipinski definition) is 5. The second-order valence-electron chi connectivity index (χ2n) is 3.60. The van der Waals surface area contributed by atoms with Crippen LogP contribution < -0.4 is 0 Å². The molecule has 0 aliphatic rings. The first-order chi connectivity index (χ1) is 6.40. The monoisotopic (exact) mass is 206 g/mol. The quantitative estimate of drug-likeness (QED) is 0.432. The maximum atomic E-state index is 10.7. The number of carbonyl (C=O) groups excluding carboxylic acids is 1. The summed E-state index contributed by atoms with van der Waals surface area (Å²) in [5.41, 5.74) is 0. The first-order valence-electron chi connectivity index (χ1n) is 4.55. The normalized spacial score (nSPS) is 19.9. The Morgan fingerprint density at radius 3 is 2.14 bits per heavy atom. The van der Waals surface area contributed by atoms with Gasteiger partial charge in [0.15, 0.2) is 5.78 Å². The minimum atomic E-state index is -1.42. The van der Waals surface area contributed by atoms with Gasteiger partial charge in [-0.05, 0) is 19.3 Å². The Morgan fingerprint density at radius 1 is 1.29 bits per heavy atom. The maximum absolute atomic E-state index is 10.7. The molecule has 0 aromatic rings. The molecule has 4 atom stereocenters. The average Bonchev–Trinajstić information content (AvgIpc) is 2.14. The highest BCUT2D eigenvalue weighted by atomic mass is 16.3. The first-order valence-corrected chi connectivity index (χ1v) is 4.55. The van der Waals surface area contributed by atoms with Crippen molar-refractivity contribution in [3.63, 3.8) is 0 Å². The van der Waals surface area contributed by atoms with E-state index >= 15 is 0 Å². The SMILES string of the molecule is CC(=O)[C@H](O)[C@@H](O)[C@H](C)C[C@@H](O)CO. The Balaban J connectivity index is 4.10. The van der Waals surface area contributed by atoms with Crippen molar-refractivity contribution in [2.75, 3.05) is 6.61 Å². The highest BCUT2D eigenvalue weighted by Gasteiger charge is 2.27. The summed E-state index contributed by atoms with van der Waals surface area (Å²) >= 11 is 0. The van der Waals surface area contributed by atoms with Crippen molar-refractivity contribution in [2.45, 2.75) is 38.6 Å². The Labute approximate surface area is 83.0 Å². The summed E-state index contributed by atoms with van der Waals surface area (Å²) in [5, 5.41) is 36.3. The van der Waals surface area contributed by atoms with Gasteiger partial charge >= 0.3 is 0 Å². The Bertz CT molecular complexity index is 182. The predicted molar refractivity (Wildman–Crippen MR) is 49.6 cm³/mol. The molecule has 5 heteroatoms. The molecule has 0 amide bonds. The van der Waals surface area contributed by atoms with Crippen LogP contribution in [0.25, 0.3) is 0 Å². The van der Waals surface area contributed by atoms with Crippen LogP contribution in [0.15, 0.2) is 0 Å². The van der Waals surface area contributed by atoms with E-state index in [-0.39, 0.29) is 6.42 Å². The molecule has 0 spiro atoms. The molecule has 0 aromatic heterocycles. The zero-order valence-corrected chi connectivity index (χ0v) is 8.42. The van der Waals surface area contributed by atoms with Gasteiger partial charge in [-0.3, -0.25) is 4.79 Å². The molecule has 0 heterocycles. The second kappa shape index (κ2) is 6.08. The van der Waals surface area contributed by atoms with Crippen molar-refractivity contribution >= 4 is 5.78 Å². The summed E-state index contributed by atoms with van der Waals surface area (Å²) in [6.07, 6.45) is -3.41. The lowest BCUT2D eigenvalue weighted by Crippen LogP contribution is -2.38. The van der Waals surface area contributed by atoms with E-state index in [0.717, 1.165) is 0 Å². The summed E-state index contributed by atoms with van der Waals surface area (Å²) in [5.74, 6) is -0.959. The number of aliphatic hydroxyl groups excluding tert-OH is 4. The van der Waals surface area contributed by atoms with Crippen molar-refractivity contribution < 1.29 is 25.2 Å². The highest BCUT2D eigenvalue weighted by molar-refractivity contribution is 5.80. The fraction of sp³-hybridized carbons (Fsp3) is 0.889. The summed E-state index contributed by atoms with van der Waals surface area (Å²) in [6.45, 7) is 2.38. The van der Waals surface area contributed by atoms with Crippen LogP contribution in [-0.2, 0) is 4.79 Å². The smallest absolute Gasteiger partial charge is 0.160 e. The van der Waals surface area contributed by atoms with Crippen molar-refractivity contribution in [2.24, 2.45) is 5.92 Å². The van der Waals surface area contributed by atoms with Crippen molar-refractivity contribution in [3.05, 3.63) is 0 Å². The van der Waals surface area contributed by atoms with Crippen LogP contribution in [0.4, 0.5) is 0 Å². The second-order valence-corrected chi connectivity index (χ2v) is 3.60. The maximum Gasteiger partial charge on any atom is 0.160 e. The molecular formula is C9H18O5. The van der Waals surface area contributed by atoms with Crippen molar-refractivity contribution in [1.29, 1.82) is 0 Å². The number of aliphatic hydroxyl groups is 4. The zero-order chi connectivity index (χ0) is 11.3. The van der Waals surface area contributed by atoms with Crippen LogP contribution in [0, 0.1) is 5.92 Å². The van der Waals surface area contributed by atoms with E-state index in [1.807, 2.05) is 0 Å². The van der Waals surface area contributed by atoms with Crippen LogP contribution in [0.5, 0.6) is 0 Å². The van der Waals surface area contributed by atoms with Gasteiger partial charge in [0, 0.05) is 0 Å². The molecule has 5 nitrogen and oxygen atoms in total. The fourth-order valence-electron chi connectivity index (χ4n) is 1.19. The molecule has 0 saturated carbocycles. The van der Waals surface area contributed by atoms with Crippen LogP contribution in [0.1, 0.15) is 20.3 Å². The van der Waals surface area contributed by atoms with E-state index in [4.69, 9.17) is 10.2 Å². The fourth-order valence-corrected chi connectivity index (χ4v) is 1.19. The van der Waals surface area contributed by atoms with E-state index in [9.17, 15) is 15.0 Å². The van der Waals surface area contributed by atoms with Gasteiger partial charge in [-0.15, -0.1) is 0 Å². The van der Waals surface area contributed by atoms with Gasteiger partial charge in [0.2, 0.25) is 0 Å². The minimum absolute atomic E-state index is 0.141. The van der Waals surface area contributed by atoms with Crippen molar-refractivity contribution in [3.8, 4) is 0 Å². The molecule has 14 heavy (non-hydrogen) atoms. The molecule has 0 bridgehead atoms. The molecule has 0 aromatic carbocycles. The Hall–Kier alpha value is -0.490. The Kier molecular flexibility index (Phi) is 5.87. The van der Waals surface area contributed by atoms with E-state index in [0.29, 0.717) is 0 Å². The van der Waals surface area contributed by atoms with Gasteiger partial charge in [-0.2, -0.15) is 0 Å². The molecule has 0 fully saturated rings. The molecule has 0 rings (SSSR count). The van der Waals surface area contributed by atoms with Crippen LogP contribution in [-0.4, -0.2) is 51.1 Å². The molecule has 4 N–H and O–H groups in total. The average molecular weight is 206 g/mol. The topological polar surface area (TPSA) is 98.0 Å². The Morgan fingerprint density at radius 2 is 1.79 bits per heavy atom. The lowest BCUT2D eigenvalue weighted by Gasteiger charge is -2.23. The van der Waals surface area contributed by atoms with Gasteiger partial charge < -0.3 is 20.4 Å². The third kappa shape index (κ3) is 4.15.